The Morgan fingerprint density at radius 2 is 1.84 bits per heavy atom. The third kappa shape index (κ3) is 5.88. The van der Waals surface area contributed by atoms with Gasteiger partial charge in [0.15, 0.2) is 12.4 Å². The summed E-state index contributed by atoms with van der Waals surface area (Å²) >= 11 is 0. The first-order chi connectivity index (χ1) is 15.0. The van der Waals surface area contributed by atoms with Crippen LogP contribution in [0, 0.1) is 0 Å². The number of nitrogens with one attached hydrogen (secondary N) is 2. The summed E-state index contributed by atoms with van der Waals surface area (Å²) in [6.07, 6.45) is 2.48. The molecule has 1 aromatic heterocycles. The van der Waals surface area contributed by atoms with Crippen LogP contribution in [0.15, 0.2) is 65.3 Å². The Morgan fingerprint density at radius 1 is 1.06 bits per heavy atom. The smallest absolute Gasteiger partial charge is 0.291 e. The number of methoxy groups -OCH3 is 1. The molecule has 2 amide bonds. The maximum Gasteiger partial charge on any atom is 0.291 e. The first kappa shape index (κ1) is 22.0. The Kier molecular flexibility index (Phi) is 7.32. The van der Waals surface area contributed by atoms with E-state index in [0.717, 1.165) is 6.42 Å². The van der Waals surface area contributed by atoms with E-state index in [1.165, 1.54) is 18.9 Å². The van der Waals surface area contributed by atoms with Crippen LogP contribution in [0.25, 0.3) is 0 Å². The van der Waals surface area contributed by atoms with E-state index in [1.807, 2.05) is 24.3 Å². The van der Waals surface area contributed by atoms with Gasteiger partial charge in [-0.2, -0.15) is 0 Å². The van der Waals surface area contributed by atoms with Crippen molar-refractivity contribution in [1.29, 1.82) is 0 Å². The molecule has 0 aliphatic carbocycles. The van der Waals surface area contributed by atoms with Crippen molar-refractivity contribution in [3.63, 3.8) is 0 Å². The third-order valence-corrected chi connectivity index (χ3v) is 4.91. The third-order valence-electron chi connectivity index (χ3n) is 4.91. The molecule has 0 unspecified atom stereocenters. The molecule has 7 heteroatoms. The van der Waals surface area contributed by atoms with Crippen LogP contribution >= 0.6 is 0 Å². The molecule has 2 N–H and O–H groups in total. The lowest BCUT2D eigenvalue weighted by molar-refractivity contribution is -0.118. The highest BCUT2D eigenvalue weighted by molar-refractivity contribution is 6.03. The summed E-state index contributed by atoms with van der Waals surface area (Å²) in [6.45, 7) is 4.15. The summed E-state index contributed by atoms with van der Waals surface area (Å²) < 4.78 is 16.0. The molecule has 0 spiro atoms. The highest BCUT2D eigenvalue weighted by Gasteiger charge is 2.13. The maximum absolute atomic E-state index is 12.4. The van der Waals surface area contributed by atoms with Crippen LogP contribution in [0.2, 0.25) is 0 Å². The molecule has 7 nitrogen and oxygen atoms in total. The molecule has 3 aromatic rings. The van der Waals surface area contributed by atoms with Crippen molar-refractivity contribution in [2.24, 2.45) is 0 Å². The predicted octanol–water partition coefficient (Wildman–Crippen LogP) is 5.07. The number of ether oxygens (including phenoxy) is 2. The standard InChI is InChI=1S/C24H26N2O5/c1-4-16(2)17-7-10-19(11-8-17)31-15-23(27)26-20-14-18(9-12-21(20)29-3)25-24(28)22-6-5-13-30-22/h5-14,16H,4,15H2,1-3H3,(H,25,28)(H,26,27)/t16-/m0/s1. The van der Waals surface area contributed by atoms with Gasteiger partial charge in [0.25, 0.3) is 11.8 Å². The Hall–Kier alpha value is -3.74. The topological polar surface area (TPSA) is 89.8 Å². The molecule has 0 bridgehead atoms. The lowest BCUT2D eigenvalue weighted by Gasteiger charge is -2.13. The molecule has 1 heterocycles. The molecular formula is C24H26N2O5. The van der Waals surface area contributed by atoms with Gasteiger partial charge in [0, 0.05) is 5.69 Å². The fourth-order valence-electron chi connectivity index (χ4n) is 2.95. The Labute approximate surface area is 181 Å². The second kappa shape index (κ2) is 10.3. The van der Waals surface area contributed by atoms with Gasteiger partial charge >= 0.3 is 0 Å². The van der Waals surface area contributed by atoms with Gasteiger partial charge in [-0.1, -0.05) is 26.0 Å². The Bertz CT molecular complexity index is 1010. The molecule has 2 aromatic carbocycles. The molecule has 3 rings (SSSR count). The summed E-state index contributed by atoms with van der Waals surface area (Å²) in [5.41, 5.74) is 2.14. The average molecular weight is 422 g/mol. The zero-order chi connectivity index (χ0) is 22.2. The second-order valence-electron chi connectivity index (χ2n) is 7.06. The number of amides is 2. The van der Waals surface area contributed by atoms with Gasteiger partial charge in [-0.15, -0.1) is 0 Å². The van der Waals surface area contributed by atoms with Crippen LogP contribution in [0.4, 0.5) is 11.4 Å². The van der Waals surface area contributed by atoms with E-state index in [0.29, 0.717) is 28.8 Å². The minimum atomic E-state index is -0.392. The first-order valence-electron chi connectivity index (χ1n) is 10.1. The van der Waals surface area contributed by atoms with E-state index in [2.05, 4.69) is 24.5 Å². The van der Waals surface area contributed by atoms with Gasteiger partial charge in [-0.05, 0) is 60.4 Å². The molecule has 0 aliphatic heterocycles. The van der Waals surface area contributed by atoms with E-state index in [9.17, 15) is 9.59 Å². The van der Waals surface area contributed by atoms with Crippen molar-refractivity contribution in [1.82, 2.24) is 0 Å². The fraction of sp³-hybridized carbons (Fsp3) is 0.250. The minimum absolute atomic E-state index is 0.158. The monoisotopic (exact) mass is 422 g/mol. The quantitative estimate of drug-likeness (QED) is 0.502. The summed E-state index contributed by atoms with van der Waals surface area (Å²) in [6, 6.07) is 15.9. The van der Waals surface area contributed by atoms with Crippen molar-refractivity contribution in [2.75, 3.05) is 24.4 Å². The van der Waals surface area contributed by atoms with Crippen LogP contribution in [0.1, 0.15) is 42.3 Å². The van der Waals surface area contributed by atoms with Crippen LogP contribution in [-0.2, 0) is 4.79 Å². The summed E-state index contributed by atoms with van der Waals surface area (Å²) in [7, 11) is 1.50. The van der Waals surface area contributed by atoms with E-state index in [1.54, 1.807) is 30.3 Å². The van der Waals surface area contributed by atoms with Crippen molar-refractivity contribution < 1.29 is 23.5 Å². The largest absolute Gasteiger partial charge is 0.495 e. The molecule has 162 valence electrons. The van der Waals surface area contributed by atoms with E-state index >= 15 is 0 Å². The van der Waals surface area contributed by atoms with Crippen LogP contribution in [0.5, 0.6) is 11.5 Å². The molecule has 0 saturated heterocycles. The summed E-state index contributed by atoms with van der Waals surface area (Å²) in [5.74, 6) is 1.01. The van der Waals surface area contributed by atoms with Gasteiger partial charge in [-0.3, -0.25) is 9.59 Å². The highest BCUT2D eigenvalue weighted by Crippen LogP contribution is 2.28. The number of rotatable bonds is 9. The number of carbonyl (C=O) groups is 2. The average Bonchev–Trinajstić information content (AvgIpc) is 3.33. The van der Waals surface area contributed by atoms with Gasteiger partial charge in [0.1, 0.15) is 11.5 Å². The predicted molar refractivity (Wildman–Crippen MR) is 119 cm³/mol. The lowest BCUT2D eigenvalue weighted by atomic mass is 9.99. The molecule has 0 aliphatic rings. The van der Waals surface area contributed by atoms with Gasteiger partial charge < -0.3 is 24.5 Å². The van der Waals surface area contributed by atoms with Crippen molar-refractivity contribution >= 4 is 23.2 Å². The van der Waals surface area contributed by atoms with Gasteiger partial charge in [0.05, 0.1) is 19.1 Å². The molecule has 0 radical (unpaired) electrons. The van der Waals surface area contributed by atoms with Gasteiger partial charge in [0.2, 0.25) is 0 Å². The van der Waals surface area contributed by atoms with Gasteiger partial charge in [-0.25, -0.2) is 0 Å². The lowest BCUT2D eigenvalue weighted by Crippen LogP contribution is -2.20. The molecule has 0 fully saturated rings. The number of furan rings is 1. The van der Waals surface area contributed by atoms with Crippen LogP contribution in [0.3, 0.4) is 0 Å². The SMILES string of the molecule is CC[C@H](C)c1ccc(OCC(=O)Nc2cc(NC(=O)c3ccco3)ccc2OC)cc1. The Balaban J connectivity index is 1.61. The normalized spacial score (nSPS) is 11.5. The number of hydrogen-bond donors (Lipinski definition) is 2. The summed E-state index contributed by atoms with van der Waals surface area (Å²) in [5, 5.41) is 5.47. The van der Waals surface area contributed by atoms with E-state index < -0.39 is 5.91 Å². The van der Waals surface area contributed by atoms with Crippen molar-refractivity contribution in [2.45, 2.75) is 26.2 Å². The molecular weight excluding hydrogens is 396 g/mol. The number of benzene rings is 2. The van der Waals surface area contributed by atoms with Crippen LogP contribution < -0.4 is 20.1 Å². The van der Waals surface area contributed by atoms with Crippen molar-refractivity contribution in [3.05, 3.63) is 72.2 Å². The van der Waals surface area contributed by atoms with E-state index in [4.69, 9.17) is 13.9 Å². The first-order valence-corrected chi connectivity index (χ1v) is 10.1. The second-order valence-corrected chi connectivity index (χ2v) is 7.06. The Morgan fingerprint density at radius 3 is 2.48 bits per heavy atom. The number of carbonyl (C=O) groups excluding carboxylic acids is 2. The maximum atomic E-state index is 12.4. The van der Waals surface area contributed by atoms with Crippen LogP contribution in [-0.4, -0.2) is 25.5 Å². The fourth-order valence-corrected chi connectivity index (χ4v) is 2.95. The minimum Gasteiger partial charge on any atom is -0.495 e. The molecule has 0 saturated carbocycles. The van der Waals surface area contributed by atoms with E-state index in [-0.39, 0.29) is 18.3 Å². The zero-order valence-corrected chi connectivity index (χ0v) is 17.8. The zero-order valence-electron chi connectivity index (χ0n) is 17.8. The van der Waals surface area contributed by atoms with Crippen molar-refractivity contribution in [3.8, 4) is 11.5 Å². The summed E-state index contributed by atoms with van der Waals surface area (Å²) in [4.78, 5) is 24.6. The highest BCUT2D eigenvalue weighted by atomic mass is 16.5. The molecule has 1 atom stereocenters. The molecule has 31 heavy (non-hydrogen) atoms. The number of anilines is 2. The number of hydrogen-bond acceptors (Lipinski definition) is 5.